The van der Waals surface area contributed by atoms with Crippen LogP contribution in [0.15, 0.2) is 46.3 Å². The minimum Gasteiger partial charge on any atom is -0.339 e. The largest absolute Gasteiger partial charge is 0.339 e. The van der Waals surface area contributed by atoms with Crippen LogP contribution >= 0.6 is 11.3 Å². The van der Waals surface area contributed by atoms with Crippen molar-refractivity contribution in [3.8, 4) is 11.4 Å². The summed E-state index contributed by atoms with van der Waals surface area (Å²) < 4.78 is 5.45. The standard InChI is InChI=1S/C24H29N5O3S/c1-16(2)21(26-23(30)19-5-4-14-33-19)24(31)29-12-10-28(11-13-29)15-20-25-22(27-32-20)18-8-6-17(3)7-9-18/h4-9,14,16,21H,10-13,15H2,1-3H3,(H,26,30). The van der Waals surface area contributed by atoms with Gasteiger partial charge in [0.2, 0.25) is 17.6 Å². The van der Waals surface area contributed by atoms with Gasteiger partial charge < -0.3 is 14.7 Å². The molecule has 0 radical (unpaired) electrons. The van der Waals surface area contributed by atoms with E-state index in [0.29, 0.717) is 49.3 Å². The summed E-state index contributed by atoms with van der Waals surface area (Å²) in [5.41, 5.74) is 2.11. The zero-order valence-corrected chi connectivity index (χ0v) is 20.0. The molecule has 1 atom stereocenters. The molecule has 0 saturated carbocycles. The normalized spacial score (nSPS) is 15.6. The van der Waals surface area contributed by atoms with Gasteiger partial charge in [0.1, 0.15) is 6.04 Å². The van der Waals surface area contributed by atoms with Crippen LogP contribution in [0.4, 0.5) is 0 Å². The van der Waals surface area contributed by atoms with Crippen molar-refractivity contribution >= 4 is 23.2 Å². The maximum Gasteiger partial charge on any atom is 0.262 e. The van der Waals surface area contributed by atoms with E-state index in [0.717, 1.165) is 5.56 Å². The summed E-state index contributed by atoms with van der Waals surface area (Å²) >= 11 is 1.37. The Labute approximate surface area is 197 Å². The van der Waals surface area contributed by atoms with Crippen LogP contribution in [0.3, 0.4) is 0 Å². The van der Waals surface area contributed by atoms with E-state index in [1.807, 2.05) is 61.4 Å². The van der Waals surface area contributed by atoms with Gasteiger partial charge in [-0.15, -0.1) is 11.3 Å². The number of hydrogen-bond acceptors (Lipinski definition) is 7. The molecule has 0 spiro atoms. The number of benzene rings is 1. The minimum atomic E-state index is -0.542. The summed E-state index contributed by atoms with van der Waals surface area (Å²) in [5, 5.41) is 8.88. The lowest BCUT2D eigenvalue weighted by Crippen LogP contribution is -2.56. The predicted molar refractivity (Wildman–Crippen MR) is 127 cm³/mol. The fourth-order valence-corrected chi connectivity index (χ4v) is 4.41. The van der Waals surface area contributed by atoms with E-state index in [2.05, 4.69) is 20.4 Å². The van der Waals surface area contributed by atoms with Gasteiger partial charge in [0.05, 0.1) is 11.4 Å². The van der Waals surface area contributed by atoms with Gasteiger partial charge in [0, 0.05) is 31.7 Å². The van der Waals surface area contributed by atoms with Crippen LogP contribution in [0.1, 0.15) is 35.0 Å². The van der Waals surface area contributed by atoms with E-state index >= 15 is 0 Å². The maximum absolute atomic E-state index is 13.1. The van der Waals surface area contributed by atoms with Crippen molar-refractivity contribution < 1.29 is 14.1 Å². The topological polar surface area (TPSA) is 91.6 Å². The van der Waals surface area contributed by atoms with E-state index in [-0.39, 0.29) is 17.7 Å². The smallest absolute Gasteiger partial charge is 0.262 e. The zero-order chi connectivity index (χ0) is 23.4. The molecule has 0 aliphatic carbocycles. The summed E-state index contributed by atoms with van der Waals surface area (Å²) in [4.78, 5) is 34.8. The molecule has 2 aromatic heterocycles. The summed E-state index contributed by atoms with van der Waals surface area (Å²) in [6.45, 7) is 9.09. The van der Waals surface area contributed by atoms with E-state index < -0.39 is 6.04 Å². The first-order valence-electron chi connectivity index (χ1n) is 11.2. The van der Waals surface area contributed by atoms with Gasteiger partial charge in [-0.2, -0.15) is 4.98 Å². The lowest BCUT2D eigenvalue weighted by molar-refractivity contribution is -0.136. The molecule has 2 amide bonds. The Morgan fingerprint density at radius 3 is 2.48 bits per heavy atom. The molecule has 1 fully saturated rings. The highest BCUT2D eigenvalue weighted by Gasteiger charge is 2.31. The first kappa shape index (κ1) is 23.1. The molecule has 3 aromatic rings. The Kier molecular flexibility index (Phi) is 7.20. The molecule has 1 N–H and O–H groups in total. The van der Waals surface area contributed by atoms with Crippen molar-refractivity contribution in [3.05, 3.63) is 58.1 Å². The number of thiophene rings is 1. The minimum absolute atomic E-state index is 0.00182. The molecule has 0 bridgehead atoms. The van der Waals surface area contributed by atoms with Gasteiger partial charge in [-0.3, -0.25) is 14.5 Å². The molecule has 33 heavy (non-hydrogen) atoms. The number of aryl methyl sites for hydroxylation is 1. The van der Waals surface area contributed by atoms with Crippen molar-refractivity contribution in [2.24, 2.45) is 5.92 Å². The molecule has 4 rings (SSSR count). The van der Waals surface area contributed by atoms with Crippen molar-refractivity contribution in [1.82, 2.24) is 25.3 Å². The van der Waals surface area contributed by atoms with Gasteiger partial charge >= 0.3 is 0 Å². The van der Waals surface area contributed by atoms with Crippen LogP contribution in [0, 0.1) is 12.8 Å². The van der Waals surface area contributed by atoms with Crippen LogP contribution in [-0.4, -0.2) is 64.0 Å². The highest BCUT2D eigenvalue weighted by Crippen LogP contribution is 2.18. The first-order valence-corrected chi connectivity index (χ1v) is 12.0. The third kappa shape index (κ3) is 5.66. The Bertz CT molecular complexity index is 1070. The highest BCUT2D eigenvalue weighted by atomic mass is 32.1. The van der Waals surface area contributed by atoms with Crippen molar-refractivity contribution in [2.45, 2.75) is 33.4 Å². The molecule has 1 aliphatic heterocycles. The maximum atomic E-state index is 13.1. The fourth-order valence-electron chi connectivity index (χ4n) is 3.79. The SMILES string of the molecule is Cc1ccc(-c2noc(CN3CCN(C(=O)C(NC(=O)c4cccs4)C(C)C)CC3)n2)cc1. The van der Waals surface area contributed by atoms with E-state index in [1.54, 1.807) is 6.07 Å². The van der Waals surface area contributed by atoms with Gasteiger partial charge in [0.15, 0.2) is 0 Å². The van der Waals surface area contributed by atoms with Crippen LogP contribution in [-0.2, 0) is 11.3 Å². The first-order chi connectivity index (χ1) is 15.9. The lowest BCUT2D eigenvalue weighted by atomic mass is 10.0. The van der Waals surface area contributed by atoms with Crippen LogP contribution in [0.2, 0.25) is 0 Å². The molecule has 9 heteroatoms. The number of rotatable bonds is 7. The molecule has 8 nitrogen and oxygen atoms in total. The number of piperazine rings is 1. The van der Waals surface area contributed by atoms with E-state index in [4.69, 9.17) is 4.52 Å². The molecule has 3 heterocycles. The molecule has 1 aliphatic rings. The fraction of sp³-hybridized carbons (Fsp3) is 0.417. The average molecular weight is 468 g/mol. The van der Waals surface area contributed by atoms with Crippen LogP contribution < -0.4 is 5.32 Å². The molecular formula is C24H29N5O3S. The number of hydrogen-bond donors (Lipinski definition) is 1. The van der Waals surface area contributed by atoms with E-state index in [9.17, 15) is 9.59 Å². The number of nitrogens with one attached hydrogen (secondary N) is 1. The monoisotopic (exact) mass is 467 g/mol. The van der Waals surface area contributed by atoms with Gasteiger partial charge in [0.25, 0.3) is 5.91 Å². The molecule has 1 unspecified atom stereocenters. The second-order valence-electron chi connectivity index (χ2n) is 8.65. The average Bonchev–Trinajstić information content (AvgIpc) is 3.50. The molecule has 174 valence electrons. The zero-order valence-electron chi connectivity index (χ0n) is 19.2. The Morgan fingerprint density at radius 2 is 1.85 bits per heavy atom. The van der Waals surface area contributed by atoms with E-state index in [1.165, 1.54) is 16.9 Å². The number of amides is 2. The number of carbonyl (C=O) groups excluding carboxylic acids is 2. The summed E-state index contributed by atoms with van der Waals surface area (Å²) in [6.07, 6.45) is 0. The second kappa shape index (κ2) is 10.3. The van der Waals surface area contributed by atoms with Crippen molar-refractivity contribution in [1.29, 1.82) is 0 Å². The van der Waals surface area contributed by atoms with Gasteiger partial charge in [-0.05, 0) is 24.3 Å². The number of nitrogens with zero attached hydrogens (tertiary/aromatic N) is 4. The third-order valence-electron chi connectivity index (χ3n) is 5.78. The lowest BCUT2D eigenvalue weighted by Gasteiger charge is -2.36. The van der Waals surface area contributed by atoms with Crippen LogP contribution in [0.5, 0.6) is 0 Å². The van der Waals surface area contributed by atoms with Gasteiger partial charge in [-0.25, -0.2) is 0 Å². The Balaban J connectivity index is 1.31. The summed E-state index contributed by atoms with van der Waals surface area (Å²) in [6, 6.07) is 11.1. The second-order valence-corrected chi connectivity index (χ2v) is 9.60. The van der Waals surface area contributed by atoms with Crippen molar-refractivity contribution in [3.63, 3.8) is 0 Å². The number of carbonyl (C=O) groups is 2. The number of aromatic nitrogens is 2. The molecular weight excluding hydrogens is 438 g/mol. The highest BCUT2D eigenvalue weighted by molar-refractivity contribution is 7.12. The van der Waals surface area contributed by atoms with Crippen molar-refractivity contribution in [2.75, 3.05) is 26.2 Å². The Hall–Kier alpha value is -3.04. The third-order valence-corrected chi connectivity index (χ3v) is 6.65. The van der Waals surface area contributed by atoms with Crippen LogP contribution in [0.25, 0.3) is 11.4 Å². The Morgan fingerprint density at radius 1 is 1.12 bits per heavy atom. The van der Waals surface area contributed by atoms with Gasteiger partial charge in [-0.1, -0.05) is 54.9 Å². The quantitative estimate of drug-likeness (QED) is 0.574. The molecule has 1 saturated heterocycles. The predicted octanol–water partition coefficient (Wildman–Crippen LogP) is 3.21. The summed E-state index contributed by atoms with van der Waals surface area (Å²) in [5.74, 6) is 0.914. The molecule has 1 aromatic carbocycles. The summed E-state index contributed by atoms with van der Waals surface area (Å²) in [7, 11) is 0.